The average Bonchev–Trinajstić information content (AvgIpc) is 2.27. The van der Waals surface area contributed by atoms with Gasteiger partial charge in [0.25, 0.3) is 0 Å². The SMILES string of the molecule is CC(C)(C)NC(=O)NC(C)(CO)c1ccccc1. The maximum absolute atomic E-state index is 11.9. The molecule has 1 atom stereocenters. The van der Waals surface area contributed by atoms with Crippen LogP contribution in [0.4, 0.5) is 4.79 Å². The number of benzene rings is 1. The van der Waals surface area contributed by atoms with Crippen LogP contribution in [-0.4, -0.2) is 23.3 Å². The molecule has 0 aliphatic rings. The summed E-state index contributed by atoms with van der Waals surface area (Å²) in [5, 5.41) is 15.2. The molecule has 0 saturated heterocycles. The second-order valence-corrected chi connectivity index (χ2v) is 5.69. The van der Waals surface area contributed by atoms with Gasteiger partial charge >= 0.3 is 6.03 Å². The Morgan fingerprint density at radius 1 is 1.11 bits per heavy atom. The van der Waals surface area contributed by atoms with Crippen LogP contribution >= 0.6 is 0 Å². The molecule has 3 N–H and O–H groups in total. The number of aliphatic hydroxyl groups excluding tert-OH is 1. The molecule has 4 nitrogen and oxygen atoms in total. The second kappa shape index (κ2) is 5.40. The summed E-state index contributed by atoms with van der Waals surface area (Å²) in [7, 11) is 0. The van der Waals surface area contributed by atoms with E-state index in [0.717, 1.165) is 5.56 Å². The molecule has 100 valence electrons. The van der Waals surface area contributed by atoms with Crippen molar-refractivity contribution in [1.29, 1.82) is 0 Å². The average molecular weight is 250 g/mol. The third-order valence-electron chi connectivity index (χ3n) is 2.61. The van der Waals surface area contributed by atoms with Crippen LogP contribution in [0.2, 0.25) is 0 Å². The van der Waals surface area contributed by atoms with E-state index in [1.54, 1.807) is 6.92 Å². The van der Waals surface area contributed by atoms with Crippen molar-refractivity contribution < 1.29 is 9.90 Å². The molecular formula is C14H22N2O2. The first-order valence-electron chi connectivity index (χ1n) is 6.03. The van der Waals surface area contributed by atoms with Crippen LogP contribution in [0.1, 0.15) is 33.3 Å². The molecule has 0 bridgehead atoms. The van der Waals surface area contributed by atoms with E-state index in [9.17, 15) is 9.90 Å². The van der Waals surface area contributed by atoms with Crippen molar-refractivity contribution in [2.45, 2.75) is 38.8 Å². The molecule has 1 unspecified atom stereocenters. The lowest BCUT2D eigenvalue weighted by atomic mass is 9.93. The Morgan fingerprint density at radius 3 is 2.11 bits per heavy atom. The van der Waals surface area contributed by atoms with E-state index in [1.807, 2.05) is 51.1 Å². The summed E-state index contributed by atoms with van der Waals surface area (Å²) < 4.78 is 0. The number of hydrogen-bond acceptors (Lipinski definition) is 2. The lowest BCUT2D eigenvalue weighted by Gasteiger charge is -2.31. The molecule has 0 heterocycles. The van der Waals surface area contributed by atoms with E-state index in [0.29, 0.717) is 0 Å². The van der Waals surface area contributed by atoms with Gasteiger partial charge in [-0.05, 0) is 33.3 Å². The van der Waals surface area contributed by atoms with Gasteiger partial charge in [-0.2, -0.15) is 0 Å². The molecular weight excluding hydrogens is 228 g/mol. The lowest BCUT2D eigenvalue weighted by Crippen LogP contribution is -2.54. The van der Waals surface area contributed by atoms with Crippen LogP contribution < -0.4 is 10.6 Å². The second-order valence-electron chi connectivity index (χ2n) is 5.69. The Kier molecular flexibility index (Phi) is 4.35. The number of rotatable bonds is 3. The quantitative estimate of drug-likeness (QED) is 0.768. The summed E-state index contributed by atoms with van der Waals surface area (Å²) >= 11 is 0. The minimum absolute atomic E-state index is 0.158. The van der Waals surface area contributed by atoms with Gasteiger partial charge in [0.1, 0.15) is 0 Å². The standard InChI is InChI=1S/C14H22N2O2/c1-13(2,3)15-12(18)16-14(4,10-17)11-8-6-5-7-9-11/h5-9,17H,10H2,1-4H3,(H2,15,16,18). The number of carbonyl (C=O) groups is 1. The molecule has 0 radical (unpaired) electrons. The van der Waals surface area contributed by atoms with Crippen molar-refractivity contribution >= 4 is 6.03 Å². The topological polar surface area (TPSA) is 61.4 Å². The molecule has 1 aromatic rings. The molecule has 0 spiro atoms. The van der Waals surface area contributed by atoms with E-state index in [2.05, 4.69) is 10.6 Å². The number of carbonyl (C=O) groups excluding carboxylic acids is 1. The monoisotopic (exact) mass is 250 g/mol. The van der Waals surface area contributed by atoms with Crippen molar-refractivity contribution in [2.24, 2.45) is 0 Å². The predicted octanol–water partition coefficient (Wildman–Crippen LogP) is 1.99. The Hall–Kier alpha value is -1.55. The van der Waals surface area contributed by atoms with Gasteiger partial charge in [0.05, 0.1) is 12.1 Å². The third kappa shape index (κ3) is 4.04. The number of nitrogens with one attached hydrogen (secondary N) is 2. The fourth-order valence-corrected chi connectivity index (χ4v) is 1.63. The summed E-state index contributed by atoms with van der Waals surface area (Å²) in [5.41, 5.74) is -0.218. The van der Waals surface area contributed by atoms with Gasteiger partial charge in [-0.3, -0.25) is 0 Å². The number of urea groups is 1. The summed E-state index contributed by atoms with van der Waals surface area (Å²) in [6.45, 7) is 7.36. The normalized spacial score (nSPS) is 14.7. The predicted molar refractivity (Wildman–Crippen MR) is 72.3 cm³/mol. The molecule has 2 amide bonds. The molecule has 18 heavy (non-hydrogen) atoms. The van der Waals surface area contributed by atoms with Gasteiger partial charge in [0, 0.05) is 5.54 Å². The van der Waals surface area contributed by atoms with Crippen LogP contribution in [0.25, 0.3) is 0 Å². The van der Waals surface area contributed by atoms with Crippen molar-refractivity contribution in [3.8, 4) is 0 Å². The summed E-state index contributed by atoms with van der Waals surface area (Å²) in [4.78, 5) is 11.9. The molecule has 0 aromatic heterocycles. The Balaban J connectivity index is 2.81. The number of amides is 2. The van der Waals surface area contributed by atoms with Crippen LogP contribution in [0.3, 0.4) is 0 Å². The highest BCUT2D eigenvalue weighted by Gasteiger charge is 2.28. The van der Waals surface area contributed by atoms with E-state index < -0.39 is 5.54 Å². The van der Waals surface area contributed by atoms with E-state index >= 15 is 0 Å². The van der Waals surface area contributed by atoms with Crippen molar-refractivity contribution in [3.63, 3.8) is 0 Å². The largest absolute Gasteiger partial charge is 0.394 e. The van der Waals surface area contributed by atoms with Crippen molar-refractivity contribution in [1.82, 2.24) is 10.6 Å². The number of hydrogen-bond donors (Lipinski definition) is 3. The minimum Gasteiger partial charge on any atom is -0.394 e. The van der Waals surface area contributed by atoms with E-state index in [-0.39, 0.29) is 18.2 Å². The van der Waals surface area contributed by atoms with Crippen molar-refractivity contribution in [2.75, 3.05) is 6.61 Å². The summed E-state index contributed by atoms with van der Waals surface area (Å²) in [6, 6.07) is 9.14. The zero-order valence-electron chi connectivity index (χ0n) is 11.4. The molecule has 4 heteroatoms. The zero-order valence-corrected chi connectivity index (χ0v) is 11.4. The van der Waals surface area contributed by atoms with Crippen LogP contribution in [0.15, 0.2) is 30.3 Å². The Bertz CT molecular complexity index is 398. The first-order chi connectivity index (χ1) is 8.27. The first kappa shape index (κ1) is 14.5. The molecule has 0 aliphatic heterocycles. The third-order valence-corrected chi connectivity index (χ3v) is 2.61. The Morgan fingerprint density at radius 2 is 1.67 bits per heavy atom. The maximum atomic E-state index is 11.9. The smallest absolute Gasteiger partial charge is 0.315 e. The van der Waals surface area contributed by atoms with Gasteiger partial charge in [0.2, 0.25) is 0 Å². The van der Waals surface area contributed by atoms with Gasteiger partial charge in [0.15, 0.2) is 0 Å². The highest BCUT2D eigenvalue weighted by Crippen LogP contribution is 2.19. The molecule has 1 aromatic carbocycles. The fraction of sp³-hybridized carbons (Fsp3) is 0.500. The molecule has 0 fully saturated rings. The maximum Gasteiger partial charge on any atom is 0.315 e. The van der Waals surface area contributed by atoms with Gasteiger partial charge < -0.3 is 15.7 Å². The first-order valence-corrected chi connectivity index (χ1v) is 6.03. The minimum atomic E-state index is -0.781. The van der Waals surface area contributed by atoms with Crippen LogP contribution in [0, 0.1) is 0 Å². The highest BCUT2D eigenvalue weighted by molar-refractivity contribution is 5.75. The highest BCUT2D eigenvalue weighted by atomic mass is 16.3. The number of aliphatic hydroxyl groups is 1. The van der Waals surface area contributed by atoms with E-state index in [4.69, 9.17) is 0 Å². The molecule has 0 saturated carbocycles. The van der Waals surface area contributed by atoms with Gasteiger partial charge in [-0.1, -0.05) is 30.3 Å². The van der Waals surface area contributed by atoms with E-state index in [1.165, 1.54) is 0 Å². The van der Waals surface area contributed by atoms with Gasteiger partial charge in [-0.25, -0.2) is 4.79 Å². The summed E-state index contributed by atoms with van der Waals surface area (Å²) in [5.74, 6) is 0. The summed E-state index contributed by atoms with van der Waals surface area (Å²) in [6.07, 6.45) is 0. The fourth-order valence-electron chi connectivity index (χ4n) is 1.63. The lowest BCUT2D eigenvalue weighted by molar-refractivity contribution is 0.168. The van der Waals surface area contributed by atoms with Crippen LogP contribution in [-0.2, 0) is 5.54 Å². The van der Waals surface area contributed by atoms with Crippen molar-refractivity contribution in [3.05, 3.63) is 35.9 Å². The van der Waals surface area contributed by atoms with Crippen LogP contribution in [0.5, 0.6) is 0 Å². The van der Waals surface area contributed by atoms with Gasteiger partial charge in [-0.15, -0.1) is 0 Å². The molecule has 1 rings (SSSR count). The zero-order chi connectivity index (χ0) is 13.8. The molecule has 0 aliphatic carbocycles. The Labute approximate surface area is 108 Å².